The number of nitrogens with zero attached hydrogens (tertiary/aromatic N) is 1. The van der Waals surface area contributed by atoms with Crippen LogP contribution in [0, 0.1) is 12.8 Å². The molecule has 1 aromatic carbocycles. The molecule has 0 spiro atoms. The van der Waals surface area contributed by atoms with Gasteiger partial charge in [-0.1, -0.05) is 12.1 Å². The van der Waals surface area contributed by atoms with Crippen LogP contribution in [0.2, 0.25) is 0 Å². The maximum absolute atomic E-state index is 11.6. The average molecular weight is 361 g/mol. The van der Waals surface area contributed by atoms with Gasteiger partial charge in [0.15, 0.2) is 0 Å². The Morgan fingerprint density at radius 1 is 1.27 bits per heavy atom. The molecule has 26 heavy (non-hydrogen) atoms. The maximum Gasteiger partial charge on any atom is 0.206 e. The largest absolute Gasteiger partial charge is 0.462 e. The highest BCUT2D eigenvalue weighted by atomic mass is 16.7. The minimum absolute atomic E-state index is 0.0156. The van der Waals surface area contributed by atoms with Crippen LogP contribution in [-0.4, -0.2) is 57.3 Å². The molecule has 2 aromatic rings. The smallest absolute Gasteiger partial charge is 0.206 e. The van der Waals surface area contributed by atoms with Gasteiger partial charge in [0.05, 0.1) is 18.6 Å². The van der Waals surface area contributed by atoms with Gasteiger partial charge in [-0.15, -0.1) is 0 Å². The number of Topliss-reactive ketones (excluding diaryl/α,β-unsaturated/α-hetero) is 1. The molecule has 7 nitrogen and oxygen atoms in total. The lowest BCUT2D eigenvalue weighted by Crippen LogP contribution is -2.57. The van der Waals surface area contributed by atoms with Crippen molar-refractivity contribution in [1.29, 1.82) is 0 Å². The SMILES string of the molecule is CC(=O)C[C@H]1[C@H](Oc2cccc3c(C)ccnc23)O[C@H](CO)[C@H](O)[C@@H]1O. The Morgan fingerprint density at radius 3 is 2.73 bits per heavy atom. The van der Waals surface area contributed by atoms with Gasteiger partial charge in [0, 0.05) is 18.0 Å². The molecule has 1 saturated heterocycles. The van der Waals surface area contributed by atoms with Gasteiger partial charge in [-0.05, 0) is 31.5 Å². The van der Waals surface area contributed by atoms with E-state index in [4.69, 9.17) is 9.47 Å². The molecule has 0 bridgehead atoms. The summed E-state index contributed by atoms with van der Waals surface area (Å²) in [6, 6.07) is 7.37. The summed E-state index contributed by atoms with van der Waals surface area (Å²) in [6.45, 7) is 2.89. The van der Waals surface area contributed by atoms with Crippen LogP contribution >= 0.6 is 0 Å². The van der Waals surface area contributed by atoms with Crippen LogP contribution in [0.1, 0.15) is 18.9 Å². The molecule has 3 rings (SSSR count). The zero-order valence-corrected chi connectivity index (χ0v) is 14.7. The number of aryl methyl sites for hydroxylation is 1. The Kier molecular flexibility index (Phi) is 5.52. The topological polar surface area (TPSA) is 109 Å². The van der Waals surface area contributed by atoms with Gasteiger partial charge in [-0.3, -0.25) is 4.98 Å². The molecule has 0 saturated carbocycles. The molecule has 1 fully saturated rings. The van der Waals surface area contributed by atoms with Gasteiger partial charge >= 0.3 is 0 Å². The van der Waals surface area contributed by atoms with E-state index in [1.807, 2.05) is 25.1 Å². The van der Waals surface area contributed by atoms with E-state index in [0.717, 1.165) is 10.9 Å². The van der Waals surface area contributed by atoms with E-state index in [2.05, 4.69) is 4.98 Å². The van der Waals surface area contributed by atoms with Crippen molar-refractivity contribution in [3.63, 3.8) is 0 Å². The molecule has 140 valence electrons. The van der Waals surface area contributed by atoms with Crippen LogP contribution in [0.3, 0.4) is 0 Å². The summed E-state index contributed by atoms with van der Waals surface area (Å²) < 4.78 is 11.6. The van der Waals surface area contributed by atoms with Crippen LogP contribution in [0.25, 0.3) is 10.9 Å². The van der Waals surface area contributed by atoms with Gasteiger partial charge in [-0.2, -0.15) is 0 Å². The Hall–Kier alpha value is -2.06. The molecule has 1 aromatic heterocycles. The predicted molar refractivity (Wildman–Crippen MR) is 93.7 cm³/mol. The third-order valence-electron chi connectivity index (χ3n) is 4.73. The lowest BCUT2D eigenvalue weighted by atomic mass is 9.87. The first-order chi connectivity index (χ1) is 12.4. The average Bonchev–Trinajstić information content (AvgIpc) is 2.61. The number of ketones is 1. The molecule has 1 aliphatic rings. The van der Waals surface area contributed by atoms with Gasteiger partial charge in [0.1, 0.15) is 29.3 Å². The zero-order chi connectivity index (χ0) is 18.8. The van der Waals surface area contributed by atoms with E-state index in [1.165, 1.54) is 6.92 Å². The van der Waals surface area contributed by atoms with Gasteiger partial charge in [-0.25, -0.2) is 0 Å². The van der Waals surface area contributed by atoms with Crippen LogP contribution in [0.5, 0.6) is 5.75 Å². The second kappa shape index (κ2) is 7.67. The van der Waals surface area contributed by atoms with Crippen molar-refractivity contribution in [3.8, 4) is 5.75 Å². The number of benzene rings is 1. The molecule has 0 amide bonds. The first-order valence-corrected chi connectivity index (χ1v) is 8.55. The van der Waals surface area contributed by atoms with Gasteiger partial charge < -0.3 is 29.6 Å². The molecule has 5 atom stereocenters. The normalized spacial score (nSPS) is 28.9. The number of aliphatic hydroxyl groups excluding tert-OH is 3. The number of fused-ring (bicyclic) bond motifs is 1. The van der Waals surface area contributed by atoms with Crippen LogP contribution < -0.4 is 4.74 Å². The van der Waals surface area contributed by atoms with Crippen molar-refractivity contribution in [2.75, 3.05) is 6.61 Å². The fraction of sp³-hybridized carbons (Fsp3) is 0.474. The summed E-state index contributed by atoms with van der Waals surface area (Å²) in [5.74, 6) is -0.469. The van der Waals surface area contributed by atoms with Crippen LogP contribution in [0.15, 0.2) is 30.5 Å². The van der Waals surface area contributed by atoms with Crippen molar-refractivity contribution in [2.24, 2.45) is 5.92 Å². The highest BCUT2D eigenvalue weighted by molar-refractivity contribution is 5.87. The number of hydrogen-bond donors (Lipinski definition) is 3. The summed E-state index contributed by atoms with van der Waals surface area (Å²) in [5.41, 5.74) is 1.67. The number of aliphatic hydroxyl groups is 3. The first-order valence-electron chi connectivity index (χ1n) is 8.55. The molecule has 0 radical (unpaired) electrons. The monoisotopic (exact) mass is 361 g/mol. The number of rotatable bonds is 5. The molecular formula is C19H23NO6. The number of ether oxygens (including phenoxy) is 2. The van der Waals surface area contributed by atoms with Crippen LogP contribution in [-0.2, 0) is 9.53 Å². The molecule has 1 aliphatic heterocycles. The van der Waals surface area contributed by atoms with E-state index in [1.54, 1.807) is 12.3 Å². The Labute approximate surface area is 151 Å². The first kappa shape index (κ1) is 18.7. The number of carbonyl (C=O) groups excluding carboxylic acids is 1. The Morgan fingerprint density at radius 2 is 2.04 bits per heavy atom. The number of carbonyl (C=O) groups is 1. The van der Waals surface area contributed by atoms with Crippen molar-refractivity contribution in [1.82, 2.24) is 4.98 Å². The molecular weight excluding hydrogens is 338 g/mol. The quantitative estimate of drug-likeness (QED) is 0.728. The number of para-hydroxylation sites is 1. The van der Waals surface area contributed by atoms with Crippen molar-refractivity contribution in [2.45, 2.75) is 44.9 Å². The highest BCUT2D eigenvalue weighted by Gasteiger charge is 2.45. The molecule has 7 heteroatoms. The summed E-state index contributed by atoms with van der Waals surface area (Å²) >= 11 is 0. The summed E-state index contributed by atoms with van der Waals surface area (Å²) in [4.78, 5) is 16.0. The van der Waals surface area contributed by atoms with E-state index in [0.29, 0.717) is 11.3 Å². The standard InChI is InChI=1S/C19H23NO6/c1-10-6-7-20-16-12(10)4-3-5-14(16)25-19-13(8-11(2)22)17(23)18(24)15(9-21)26-19/h3-7,13,15,17-19,21,23-24H,8-9H2,1-2H3/t13-,15-,17-,18+,19-/m1/s1. The van der Waals surface area contributed by atoms with E-state index >= 15 is 0 Å². The zero-order valence-electron chi connectivity index (χ0n) is 14.7. The third-order valence-corrected chi connectivity index (χ3v) is 4.73. The number of hydrogen-bond acceptors (Lipinski definition) is 7. The van der Waals surface area contributed by atoms with E-state index < -0.39 is 37.1 Å². The molecule has 0 aliphatic carbocycles. The number of pyridine rings is 1. The fourth-order valence-electron chi connectivity index (χ4n) is 3.31. The lowest BCUT2D eigenvalue weighted by Gasteiger charge is -2.41. The predicted octanol–water partition coefficient (Wildman–Crippen LogP) is 0.956. The summed E-state index contributed by atoms with van der Waals surface area (Å²) in [6.07, 6.45) is -2.88. The van der Waals surface area contributed by atoms with Crippen LogP contribution in [0.4, 0.5) is 0 Å². The van der Waals surface area contributed by atoms with E-state index in [-0.39, 0.29) is 12.2 Å². The van der Waals surface area contributed by atoms with Crippen molar-refractivity contribution < 1.29 is 29.6 Å². The van der Waals surface area contributed by atoms with Crippen molar-refractivity contribution >= 4 is 16.7 Å². The minimum atomic E-state index is -1.29. The second-order valence-corrected chi connectivity index (χ2v) is 6.67. The van der Waals surface area contributed by atoms with Gasteiger partial charge in [0.2, 0.25) is 6.29 Å². The molecule has 2 heterocycles. The third kappa shape index (κ3) is 3.57. The Balaban J connectivity index is 1.95. The van der Waals surface area contributed by atoms with E-state index in [9.17, 15) is 20.1 Å². The minimum Gasteiger partial charge on any atom is -0.462 e. The van der Waals surface area contributed by atoms with Crippen molar-refractivity contribution in [3.05, 3.63) is 36.0 Å². The highest BCUT2D eigenvalue weighted by Crippen LogP contribution is 2.33. The maximum atomic E-state index is 11.6. The van der Waals surface area contributed by atoms with Gasteiger partial charge in [0.25, 0.3) is 0 Å². The summed E-state index contributed by atoms with van der Waals surface area (Å²) in [5, 5.41) is 30.8. The second-order valence-electron chi connectivity index (χ2n) is 6.67. The fourth-order valence-corrected chi connectivity index (χ4v) is 3.31. The number of aromatic nitrogens is 1. The Bertz CT molecular complexity index is 795. The summed E-state index contributed by atoms with van der Waals surface area (Å²) in [7, 11) is 0. The lowest BCUT2D eigenvalue weighted by molar-refractivity contribution is -0.260. The molecule has 3 N–H and O–H groups in total. The molecule has 0 unspecified atom stereocenters.